The molecule has 4 nitrogen and oxygen atoms in total. The van der Waals surface area contributed by atoms with Crippen molar-refractivity contribution in [1.29, 1.82) is 0 Å². The van der Waals surface area contributed by atoms with E-state index in [2.05, 4.69) is 384 Å². The van der Waals surface area contributed by atoms with E-state index in [1.165, 1.54) is 122 Å². The predicted molar refractivity (Wildman–Crippen MR) is 401 cm³/mol. The van der Waals surface area contributed by atoms with Crippen LogP contribution in [-0.2, 0) is 0 Å². The van der Waals surface area contributed by atoms with Crippen LogP contribution in [0.4, 0.5) is 28.4 Å². The summed E-state index contributed by atoms with van der Waals surface area (Å²) in [5.41, 5.74) is 31.4. The molecule has 0 unspecified atom stereocenters. The molecule has 13 aliphatic rings. The van der Waals surface area contributed by atoms with Crippen molar-refractivity contribution in [2.24, 2.45) is 0 Å². The number of nitrogens with zero attached hydrogens (tertiary/aromatic N) is 4. The van der Waals surface area contributed by atoms with Gasteiger partial charge in [-0.15, -0.1) is 0 Å². The monoisotopic (exact) mass is 1210 g/mol. The van der Waals surface area contributed by atoms with Gasteiger partial charge in [0, 0.05) is 68.4 Å². The van der Waals surface area contributed by atoms with E-state index in [-0.39, 0.29) is 0 Å². The molecule has 24 bridgehead atoms. The Kier molecular flexibility index (Phi) is 13.4. The van der Waals surface area contributed by atoms with E-state index in [9.17, 15) is 0 Å². The topological polar surface area (TPSA) is 16.3 Å². The third kappa shape index (κ3) is 9.95. The first-order valence-electron chi connectivity index (χ1n) is 32.7. The van der Waals surface area contributed by atoms with Gasteiger partial charge in [-0.1, -0.05) is 224 Å². The molecular weight excluding hydrogens is 1150 g/mol. The Bertz CT molecular complexity index is 5340. The standard InChI is InChI=1S/C91H62N4/c1-92-77-45-33-65(34-46-77)61-17-25-69(26-18-61)73-41-53-88-84(57-73)86-59-75(43-55-90(86)94(88)80-13-7-3-8-14-80)71-29-21-63(22-30-71)67-37-49-82(50-38-67)93(79-11-5-2-6-12-79)83-51-39-68(40-52-83)64-23-31-72(32-24-64)76-44-56-91-87(60-76)85-58-74(42-54-89(85)95(91)81-15-9-4-10-16-81)70-27-19-62(20-28-70)66-35-47-78(92)48-36-66/h2-60H,1H3. The fourth-order valence-electron chi connectivity index (χ4n) is 14.4. The van der Waals surface area contributed by atoms with Gasteiger partial charge >= 0.3 is 0 Å². The third-order valence-electron chi connectivity index (χ3n) is 19.5. The van der Waals surface area contributed by atoms with Crippen LogP contribution in [0.1, 0.15) is 0 Å². The summed E-state index contributed by atoms with van der Waals surface area (Å²) in [6.07, 6.45) is 0. The highest BCUT2D eigenvalue weighted by atomic mass is 15.1. The first kappa shape index (κ1) is 55.4. The van der Waals surface area contributed by atoms with E-state index >= 15 is 0 Å². The van der Waals surface area contributed by atoms with Gasteiger partial charge in [0.15, 0.2) is 0 Å². The zero-order chi connectivity index (χ0) is 62.9. The molecule has 95 heavy (non-hydrogen) atoms. The SMILES string of the molecule is CN1c2ccc(cc2)-c2ccc(cc2)-c2ccc3c(c2)c2cc(ccc2n3-c2ccccc2)-c2ccc(cc2)-c2ccc(cc2)N(c2ccccc2)c2ccc(cc2)-c2ccc(cc2)-c2ccc3c(c2)c2cc(ccc2n3-c2ccccc2)-c2ccc(cc2)-c2ccc1cc2. The van der Waals surface area contributed by atoms with Crippen molar-refractivity contribution in [3.8, 4) is 100 Å². The lowest BCUT2D eigenvalue weighted by molar-refractivity contribution is 1.18. The van der Waals surface area contributed by atoms with Crippen molar-refractivity contribution in [2.45, 2.75) is 0 Å². The molecule has 0 fully saturated rings. The highest BCUT2D eigenvalue weighted by molar-refractivity contribution is 6.13. The maximum atomic E-state index is 2.40. The first-order chi connectivity index (χ1) is 47.0. The van der Waals surface area contributed by atoms with E-state index in [1.807, 2.05) is 0 Å². The van der Waals surface area contributed by atoms with E-state index in [0.717, 1.165) is 50.9 Å². The van der Waals surface area contributed by atoms with E-state index in [0.29, 0.717) is 0 Å². The van der Waals surface area contributed by atoms with Crippen LogP contribution in [0.25, 0.3) is 144 Å². The summed E-state index contributed by atoms with van der Waals surface area (Å²) in [5, 5.41) is 4.89. The Morgan fingerprint density at radius 2 is 0.337 bits per heavy atom. The summed E-state index contributed by atoms with van der Waals surface area (Å²) in [6.45, 7) is 0. The van der Waals surface area contributed by atoms with Crippen molar-refractivity contribution >= 4 is 72.0 Å². The van der Waals surface area contributed by atoms with E-state index < -0.39 is 0 Å². The summed E-state index contributed by atoms with van der Waals surface area (Å²) >= 11 is 0. The van der Waals surface area contributed by atoms with Crippen molar-refractivity contribution in [2.75, 3.05) is 16.8 Å². The summed E-state index contributed by atoms with van der Waals surface area (Å²) in [6, 6.07) is 132. The summed E-state index contributed by atoms with van der Waals surface area (Å²) in [7, 11) is 2.14. The minimum Gasteiger partial charge on any atom is -0.345 e. The second-order valence-corrected chi connectivity index (χ2v) is 25.0. The first-order valence-corrected chi connectivity index (χ1v) is 32.7. The van der Waals surface area contributed by atoms with Gasteiger partial charge in [0.05, 0.1) is 22.1 Å². The van der Waals surface area contributed by atoms with Crippen LogP contribution in [0.2, 0.25) is 0 Å². The molecule has 0 radical (unpaired) electrons. The molecule has 15 heterocycles. The van der Waals surface area contributed by atoms with Crippen LogP contribution < -0.4 is 9.80 Å². The van der Waals surface area contributed by atoms with Gasteiger partial charge in [0.1, 0.15) is 0 Å². The molecule has 0 spiro atoms. The average Bonchev–Trinajstić information content (AvgIpc) is 1.60. The Morgan fingerprint density at radius 3 is 0.579 bits per heavy atom. The van der Waals surface area contributed by atoms with Crippen LogP contribution >= 0.6 is 0 Å². The second kappa shape index (κ2) is 23.0. The van der Waals surface area contributed by atoms with Crippen molar-refractivity contribution in [3.63, 3.8) is 0 Å². The Hall–Kier alpha value is -12.5. The van der Waals surface area contributed by atoms with Gasteiger partial charge in [-0.3, -0.25) is 0 Å². The molecule has 0 saturated heterocycles. The maximum absolute atomic E-state index is 2.40. The minimum absolute atomic E-state index is 1.09. The Morgan fingerprint density at radius 1 is 0.158 bits per heavy atom. The van der Waals surface area contributed by atoms with E-state index in [4.69, 9.17) is 0 Å². The van der Waals surface area contributed by atoms with Crippen LogP contribution in [0.3, 0.4) is 0 Å². The van der Waals surface area contributed by atoms with Crippen molar-refractivity contribution < 1.29 is 0 Å². The average molecular weight is 1210 g/mol. The highest BCUT2D eigenvalue weighted by Gasteiger charge is 2.20. The molecule has 15 aromatic carbocycles. The van der Waals surface area contributed by atoms with Crippen molar-refractivity contribution in [3.05, 3.63) is 358 Å². The lowest BCUT2D eigenvalue weighted by atomic mass is 9.97. The molecular formula is C91H62N4. The molecule has 0 saturated carbocycles. The molecule has 13 aliphatic heterocycles. The lowest BCUT2D eigenvalue weighted by Gasteiger charge is -2.26. The lowest BCUT2D eigenvalue weighted by Crippen LogP contribution is -2.09. The molecule has 446 valence electrons. The van der Waals surface area contributed by atoms with Gasteiger partial charge in [0.25, 0.3) is 0 Å². The third-order valence-corrected chi connectivity index (χ3v) is 19.5. The molecule has 0 aliphatic carbocycles. The highest BCUT2D eigenvalue weighted by Crippen LogP contribution is 2.43. The molecule has 0 N–H and O–H groups in total. The quantitative estimate of drug-likeness (QED) is 0.175. The minimum atomic E-state index is 1.09. The number of para-hydroxylation sites is 3. The molecule has 30 rings (SSSR count). The summed E-state index contributed by atoms with van der Waals surface area (Å²) in [4.78, 5) is 4.60. The number of hydrogen-bond acceptors (Lipinski definition) is 2. The van der Waals surface area contributed by atoms with Gasteiger partial charge in [-0.25, -0.2) is 0 Å². The predicted octanol–water partition coefficient (Wildman–Crippen LogP) is 24.8. The van der Waals surface area contributed by atoms with Crippen LogP contribution in [0, 0.1) is 0 Å². The zero-order valence-electron chi connectivity index (χ0n) is 52.4. The van der Waals surface area contributed by atoms with Crippen LogP contribution in [0.15, 0.2) is 358 Å². The molecule has 2 aromatic heterocycles. The summed E-state index contributed by atoms with van der Waals surface area (Å²) < 4.78 is 4.80. The van der Waals surface area contributed by atoms with Crippen LogP contribution in [-0.4, -0.2) is 16.2 Å². The zero-order valence-corrected chi connectivity index (χ0v) is 52.4. The maximum Gasteiger partial charge on any atom is 0.0541 e. The molecule has 0 atom stereocenters. The van der Waals surface area contributed by atoms with Gasteiger partial charge < -0.3 is 18.9 Å². The number of hydrogen-bond donors (Lipinski definition) is 0. The molecule has 17 aromatic rings. The smallest absolute Gasteiger partial charge is 0.0541 e. The summed E-state index contributed by atoms with van der Waals surface area (Å²) in [5.74, 6) is 0. The van der Waals surface area contributed by atoms with Gasteiger partial charge in [-0.05, 0) is 222 Å². The molecule has 4 heteroatoms. The largest absolute Gasteiger partial charge is 0.345 e. The fourth-order valence-corrected chi connectivity index (χ4v) is 14.4. The second-order valence-electron chi connectivity index (χ2n) is 25.0. The number of aromatic nitrogens is 2. The van der Waals surface area contributed by atoms with Gasteiger partial charge in [-0.2, -0.15) is 0 Å². The number of benzene rings is 15. The van der Waals surface area contributed by atoms with E-state index in [1.54, 1.807) is 0 Å². The Labute approximate surface area is 553 Å². The van der Waals surface area contributed by atoms with Crippen LogP contribution in [0.5, 0.6) is 0 Å². The Balaban J connectivity index is 0.718. The number of rotatable bonds is 3. The van der Waals surface area contributed by atoms with Crippen molar-refractivity contribution in [1.82, 2.24) is 9.13 Å². The molecule has 0 amide bonds. The normalized spacial score (nSPS) is 12.0. The van der Waals surface area contributed by atoms with Gasteiger partial charge in [0.2, 0.25) is 0 Å². The fraction of sp³-hybridized carbons (Fsp3) is 0.0110. The number of anilines is 5.